The number of hydrogen-bond acceptors (Lipinski definition) is 10. The minimum absolute atomic E-state index is 0.0182. The number of carbonyl (C=O) groups excluding carboxylic acids is 4. The van der Waals surface area contributed by atoms with Crippen molar-refractivity contribution in [3.63, 3.8) is 0 Å². The van der Waals surface area contributed by atoms with E-state index in [1.807, 2.05) is 0 Å². The lowest BCUT2D eigenvalue weighted by atomic mass is 10.0. The lowest BCUT2D eigenvalue weighted by Crippen LogP contribution is -2.54. The molecule has 0 atom stereocenters. The van der Waals surface area contributed by atoms with Crippen LogP contribution in [0.5, 0.6) is 0 Å². The van der Waals surface area contributed by atoms with Gasteiger partial charge in [0.05, 0.1) is 6.61 Å². The van der Waals surface area contributed by atoms with Crippen LogP contribution in [0.25, 0.3) is 0 Å². The normalized spacial score (nSPS) is 11.2. The largest absolute Gasteiger partial charge is 0.463 e. The summed E-state index contributed by atoms with van der Waals surface area (Å²) in [7, 11) is 0. The number of hydrogen-bond donors (Lipinski definition) is 3. The molecule has 240 valence electrons. The first kappa shape index (κ1) is 38.8. The molecule has 0 aromatic carbocycles. The van der Waals surface area contributed by atoms with Gasteiger partial charge in [0.1, 0.15) is 45.2 Å². The zero-order chi connectivity index (χ0) is 30.6. The van der Waals surface area contributed by atoms with Crippen molar-refractivity contribution in [1.29, 1.82) is 0 Å². The van der Waals surface area contributed by atoms with Gasteiger partial charge < -0.3 is 34.5 Å². The lowest BCUT2D eigenvalue weighted by Gasteiger charge is -2.29. The summed E-state index contributed by atoms with van der Waals surface area (Å²) >= 11 is 0. The Hall–Kier alpha value is -2.24. The van der Waals surface area contributed by atoms with E-state index in [9.17, 15) is 19.2 Å². The molecule has 0 aromatic heterocycles. The van der Waals surface area contributed by atoms with E-state index in [1.54, 1.807) is 0 Å². The van der Waals surface area contributed by atoms with Gasteiger partial charge in [0.25, 0.3) is 0 Å². The summed E-state index contributed by atoms with van der Waals surface area (Å²) in [5.41, 5.74) is -1.31. The van der Waals surface area contributed by atoms with Crippen molar-refractivity contribution in [3.8, 4) is 0 Å². The van der Waals surface area contributed by atoms with Crippen LogP contribution >= 0.6 is 0 Å². The van der Waals surface area contributed by atoms with Crippen LogP contribution in [0.2, 0.25) is 0 Å². The Kier molecular flexibility index (Phi) is 25.2. The Balaban J connectivity index is 3.80. The average Bonchev–Trinajstić information content (AvgIpc) is 2.96. The molecule has 0 aliphatic heterocycles. The molecular weight excluding hydrogens is 534 g/mol. The summed E-state index contributed by atoms with van der Waals surface area (Å²) in [6, 6.07) is 0. The summed E-state index contributed by atoms with van der Waals surface area (Å²) < 4.78 is 20.0. The molecule has 0 heterocycles. The molecule has 0 aliphatic rings. The van der Waals surface area contributed by atoms with Crippen LogP contribution in [0, 0.1) is 0 Å². The second kappa shape index (κ2) is 26.6. The van der Waals surface area contributed by atoms with E-state index < -0.39 is 36.6 Å². The Bertz CT molecular complexity index is 681. The summed E-state index contributed by atoms with van der Waals surface area (Å²) in [6.45, 7) is 0.928. The summed E-state index contributed by atoms with van der Waals surface area (Å²) in [6.07, 6.45) is 19.3. The third kappa shape index (κ3) is 25.2. The zero-order valence-corrected chi connectivity index (χ0v) is 25.4. The van der Waals surface area contributed by atoms with E-state index in [0.717, 1.165) is 19.3 Å². The smallest absolute Gasteiger partial charge is 0.331 e. The number of carbonyl (C=O) groups is 4. The molecule has 0 spiro atoms. The molecule has 0 bridgehead atoms. The van der Waals surface area contributed by atoms with Gasteiger partial charge in [-0.05, 0) is 13.3 Å². The lowest BCUT2D eigenvalue weighted by molar-refractivity contribution is -0.156. The Labute approximate surface area is 246 Å². The Morgan fingerprint density at radius 3 is 1.49 bits per heavy atom. The molecule has 0 saturated carbocycles. The minimum atomic E-state index is -1.31. The maximum Gasteiger partial charge on any atom is 0.331 e. The van der Waals surface area contributed by atoms with Gasteiger partial charge in [-0.3, -0.25) is 9.59 Å². The molecule has 0 unspecified atom stereocenters. The topological polar surface area (TPSA) is 158 Å². The second-order valence-corrected chi connectivity index (χ2v) is 10.7. The monoisotopic (exact) mass is 589 g/mol. The number of amides is 1. The number of aliphatic hydroxyl groups is 2. The van der Waals surface area contributed by atoms with Gasteiger partial charge in [-0.1, -0.05) is 96.8 Å². The highest BCUT2D eigenvalue weighted by atomic mass is 16.6. The van der Waals surface area contributed by atoms with Crippen molar-refractivity contribution in [2.45, 2.75) is 122 Å². The highest BCUT2D eigenvalue weighted by Crippen LogP contribution is 2.14. The predicted molar refractivity (Wildman–Crippen MR) is 154 cm³/mol. The SMILES string of the molecule is CCCCCCCCCCCCCCCCCC(=O)OCCOCC(=O)NC(C)(COC(=O)CO)COC(=O)CO. The number of ether oxygens (including phenoxy) is 4. The second-order valence-electron chi connectivity index (χ2n) is 10.7. The van der Waals surface area contributed by atoms with Gasteiger partial charge in [-0.2, -0.15) is 0 Å². The maximum absolute atomic E-state index is 12.2. The molecule has 11 heteroatoms. The van der Waals surface area contributed by atoms with Gasteiger partial charge in [-0.25, -0.2) is 9.59 Å². The van der Waals surface area contributed by atoms with Crippen LogP contribution < -0.4 is 5.32 Å². The number of aliphatic hydroxyl groups excluding tert-OH is 2. The van der Waals surface area contributed by atoms with Crippen LogP contribution in [-0.2, 0) is 38.1 Å². The van der Waals surface area contributed by atoms with E-state index in [-0.39, 0.29) is 39.0 Å². The number of unbranched alkanes of at least 4 members (excludes halogenated alkanes) is 14. The summed E-state index contributed by atoms with van der Waals surface area (Å²) in [5.74, 6) is -2.71. The highest BCUT2D eigenvalue weighted by molar-refractivity contribution is 5.78. The number of esters is 3. The molecule has 0 saturated heterocycles. The Morgan fingerprint density at radius 2 is 1.05 bits per heavy atom. The van der Waals surface area contributed by atoms with Gasteiger partial charge in [0.15, 0.2) is 0 Å². The van der Waals surface area contributed by atoms with Crippen LogP contribution in [0.15, 0.2) is 0 Å². The van der Waals surface area contributed by atoms with Crippen molar-refractivity contribution >= 4 is 23.8 Å². The fraction of sp³-hybridized carbons (Fsp3) is 0.867. The van der Waals surface area contributed by atoms with Gasteiger partial charge in [0.2, 0.25) is 5.91 Å². The molecule has 3 N–H and O–H groups in total. The molecule has 0 aliphatic carbocycles. The summed E-state index contributed by atoms with van der Waals surface area (Å²) in [5, 5.41) is 20.1. The van der Waals surface area contributed by atoms with E-state index >= 15 is 0 Å². The quantitative estimate of drug-likeness (QED) is 0.0697. The molecule has 0 fully saturated rings. The molecule has 11 nitrogen and oxygen atoms in total. The standard InChI is InChI=1S/C30H55NO10/c1-3-4-5-6-7-8-9-10-11-12-13-14-15-16-17-18-27(35)39-20-19-38-23-26(34)31-30(2,24-40-28(36)21-32)25-41-29(37)22-33/h32-33H,3-25H2,1-2H3,(H,31,34). The third-order valence-electron chi connectivity index (χ3n) is 6.51. The third-order valence-corrected chi connectivity index (χ3v) is 6.51. The first-order valence-electron chi connectivity index (χ1n) is 15.3. The molecule has 0 aromatic rings. The number of nitrogens with one attached hydrogen (secondary N) is 1. The molecule has 41 heavy (non-hydrogen) atoms. The predicted octanol–water partition coefficient (Wildman–Crippen LogP) is 3.75. The summed E-state index contributed by atoms with van der Waals surface area (Å²) in [4.78, 5) is 46.6. The van der Waals surface area contributed by atoms with Gasteiger partial charge in [-0.15, -0.1) is 0 Å². The van der Waals surface area contributed by atoms with Gasteiger partial charge >= 0.3 is 17.9 Å². The first-order chi connectivity index (χ1) is 19.8. The highest BCUT2D eigenvalue weighted by Gasteiger charge is 2.30. The average molecular weight is 590 g/mol. The van der Waals surface area contributed by atoms with Crippen molar-refractivity contribution in [3.05, 3.63) is 0 Å². The molecule has 0 rings (SSSR count). The van der Waals surface area contributed by atoms with Gasteiger partial charge in [0, 0.05) is 6.42 Å². The van der Waals surface area contributed by atoms with E-state index in [4.69, 9.17) is 29.2 Å². The van der Waals surface area contributed by atoms with E-state index in [0.29, 0.717) is 6.42 Å². The molecule has 0 radical (unpaired) electrons. The van der Waals surface area contributed by atoms with Crippen LogP contribution in [-0.4, -0.2) is 85.8 Å². The van der Waals surface area contributed by atoms with Crippen molar-refractivity contribution in [2.75, 3.05) is 46.2 Å². The van der Waals surface area contributed by atoms with E-state index in [2.05, 4.69) is 12.2 Å². The molecule has 1 amide bonds. The van der Waals surface area contributed by atoms with Crippen molar-refractivity contribution in [1.82, 2.24) is 5.32 Å². The fourth-order valence-electron chi connectivity index (χ4n) is 4.15. The van der Waals surface area contributed by atoms with Crippen LogP contribution in [0.1, 0.15) is 117 Å². The Morgan fingerprint density at radius 1 is 0.610 bits per heavy atom. The molecular formula is C30H55NO10. The van der Waals surface area contributed by atoms with E-state index in [1.165, 1.54) is 84.0 Å². The zero-order valence-electron chi connectivity index (χ0n) is 25.4. The minimum Gasteiger partial charge on any atom is -0.463 e. The first-order valence-corrected chi connectivity index (χ1v) is 15.3. The fourth-order valence-corrected chi connectivity index (χ4v) is 4.15. The number of rotatable bonds is 28. The van der Waals surface area contributed by atoms with Crippen molar-refractivity contribution in [2.24, 2.45) is 0 Å². The maximum atomic E-state index is 12.2. The van der Waals surface area contributed by atoms with Crippen LogP contribution in [0.3, 0.4) is 0 Å². The van der Waals surface area contributed by atoms with Crippen molar-refractivity contribution < 1.29 is 48.3 Å². The van der Waals surface area contributed by atoms with Crippen LogP contribution in [0.4, 0.5) is 0 Å².